The second-order valence-corrected chi connectivity index (χ2v) is 10.6. The van der Waals surface area contributed by atoms with Gasteiger partial charge in [0.25, 0.3) is 11.8 Å². The minimum absolute atomic E-state index is 0.0707. The summed E-state index contributed by atoms with van der Waals surface area (Å²) in [6, 6.07) is 12.3. The number of ether oxygens (including phenoxy) is 1. The van der Waals surface area contributed by atoms with Gasteiger partial charge in [-0.3, -0.25) is 9.36 Å². The monoisotopic (exact) mass is 487 g/mol. The fraction of sp³-hybridized carbons (Fsp3) is 0.500. The highest BCUT2D eigenvalue weighted by Crippen LogP contribution is 2.33. The van der Waals surface area contributed by atoms with Gasteiger partial charge in [0, 0.05) is 50.4 Å². The van der Waals surface area contributed by atoms with Gasteiger partial charge in [0.1, 0.15) is 22.5 Å². The third kappa shape index (κ3) is 4.70. The number of hydrogen-bond donors (Lipinski definition) is 0. The molecule has 0 bridgehead atoms. The number of likely N-dealkylation sites (tertiary alicyclic amines) is 2. The van der Waals surface area contributed by atoms with E-state index in [-0.39, 0.29) is 37.9 Å². The Morgan fingerprint density at radius 1 is 1.09 bits per heavy atom. The standard InChI is InChI=1S/C26H31F2N3O2S/c1-18(2)29-11-7-20(8-12-29)33-21-5-6-22-19(16-21)17-23(31(22)24-4-3-15-34-24)25(32)30-13-9-26(27,28)10-14-30/h3-6,15-18,20H,7-14H2,1-2H3. The van der Waals surface area contributed by atoms with E-state index in [1.54, 1.807) is 16.2 Å². The summed E-state index contributed by atoms with van der Waals surface area (Å²) < 4.78 is 35.6. The Morgan fingerprint density at radius 3 is 2.47 bits per heavy atom. The van der Waals surface area contributed by atoms with E-state index in [4.69, 9.17) is 4.74 Å². The van der Waals surface area contributed by atoms with Gasteiger partial charge in [-0.25, -0.2) is 8.78 Å². The van der Waals surface area contributed by atoms with Crippen molar-refractivity contribution in [1.82, 2.24) is 14.4 Å². The molecule has 2 fully saturated rings. The van der Waals surface area contributed by atoms with Crippen LogP contribution in [-0.4, -0.2) is 64.5 Å². The van der Waals surface area contributed by atoms with Gasteiger partial charge in [-0.05, 0) is 68.5 Å². The third-order valence-corrected chi connectivity index (χ3v) is 7.86. The Bertz CT molecular complexity index is 1140. The van der Waals surface area contributed by atoms with Gasteiger partial charge in [-0.2, -0.15) is 0 Å². The largest absolute Gasteiger partial charge is 0.490 e. The van der Waals surface area contributed by atoms with E-state index < -0.39 is 5.92 Å². The Kier molecular flexibility index (Phi) is 6.37. The van der Waals surface area contributed by atoms with E-state index in [1.165, 1.54) is 0 Å². The van der Waals surface area contributed by atoms with E-state index in [0.29, 0.717) is 11.7 Å². The number of benzene rings is 1. The summed E-state index contributed by atoms with van der Waals surface area (Å²) in [7, 11) is 0. The first kappa shape index (κ1) is 23.3. The molecule has 1 amide bonds. The maximum absolute atomic E-state index is 13.7. The summed E-state index contributed by atoms with van der Waals surface area (Å²) in [5, 5.41) is 3.81. The van der Waals surface area contributed by atoms with Crippen molar-refractivity contribution in [3.05, 3.63) is 47.5 Å². The number of aromatic nitrogens is 1. The normalized spacial score (nSPS) is 19.7. The third-order valence-electron chi connectivity index (χ3n) is 7.01. The van der Waals surface area contributed by atoms with Crippen LogP contribution in [0.15, 0.2) is 41.8 Å². The number of halogens is 2. The second-order valence-electron chi connectivity index (χ2n) is 9.63. The molecule has 2 aromatic heterocycles. The molecule has 0 saturated carbocycles. The topological polar surface area (TPSA) is 37.7 Å². The molecule has 5 rings (SSSR count). The van der Waals surface area contributed by atoms with Crippen LogP contribution in [0.5, 0.6) is 5.75 Å². The molecule has 2 aliphatic rings. The van der Waals surface area contributed by atoms with Crippen molar-refractivity contribution in [2.75, 3.05) is 26.2 Å². The molecule has 0 aliphatic carbocycles. The first-order chi connectivity index (χ1) is 16.3. The molecule has 0 N–H and O–H groups in total. The molecule has 1 aromatic carbocycles. The Labute approximate surface area is 202 Å². The number of alkyl halides is 2. The maximum atomic E-state index is 13.7. The number of rotatable bonds is 5. The zero-order valence-corrected chi connectivity index (χ0v) is 20.5. The Morgan fingerprint density at radius 2 is 1.82 bits per heavy atom. The molecule has 2 aliphatic heterocycles. The molecule has 0 atom stereocenters. The number of piperidine rings is 2. The van der Waals surface area contributed by atoms with Crippen LogP contribution in [0.2, 0.25) is 0 Å². The molecule has 182 valence electrons. The molecule has 34 heavy (non-hydrogen) atoms. The van der Waals surface area contributed by atoms with Crippen LogP contribution in [0.1, 0.15) is 50.0 Å². The summed E-state index contributed by atoms with van der Waals surface area (Å²) in [6.45, 7) is 6.66. The lowest BCUT2D eigenvalue weighted by atomic mass is 10.1. The summed E-state index contributed by atoms with van der Waals surface area (Å²) >= 11 is 1.54. The molecular formula is C26H31F2N3O2S. The van der Waals surface area contributed by atoms with Crippen molar-refractivity contribution < 1.29 is 18.3 Å². The molecule has 0 radical (unpaired) electrons. The zero-order valence-electron chi connectivity index (χ0n) is 19.7. The zero-order chi connectivity index (χ0) is 23.9. The van der Waals surface area contributed by atoms with Crippen molar-refractivity contribution in [3.63, 3.8) is 0 Å². The minimum atomic E-state index is -2.69. The van der Waals surface area contributed by atoms with Gasteiger partial charge in [0.15, 0.2) is 0 Å². The first-order valence-corrected chi connectivity index (χ1v) is 13.0. The fourth-order valence-corrected chi connectivity index (χ4v) is 5.72. The molecule has 2 saturated heterocycles. The van der Waals surface area contributed by atoms with Crippen LogP contribution in [0.25, 0.3) is 15.9 Å². The van der Waals surface area contributed by atoms with Crippen molar-refractivity contribution in [1.29, 1.82) is 0 Å². The van der Waals surface area contributed by atoms with E-state index >= 15 is 0 Å². The van der Waals surface area contributed by atoms with Gasteiger partial charge < -0.3 is 14.5 Å². The maximum Gasteiger partial charge on any atom is 0.270 e. The van der Waals surface area contributed by atoms with Gasteiger partial charge in [-0.1, -0.05) is 0 Å². The van der Waals surface area contributed by atoms with E-state index in [0.717, 1.165) is 47.6 Å². The highest BCUT2D eigenvalue weighted by atomic mass is 32.1. The fourth-order valence-electron chi connectivity index (χ4n) is 4.96. The number of carbonyl (C=O) groups is 1. The smallest absolute Gasteiger partial charge is 0.270 e. The lowest BCUT2D eigenvalue weighted by Crippen LogP contribution is -2.43. The number of amides is 1. The van der Waals surface area contributed by atoms with Crippen molar-refractivity contribution in [2.45, 2.75) is 57.6 Å². The molecular weight excluding hydrogens is 456 g/mol. The number of carbonyl (C=O) groups excluding carboxylic acids is 1. The van der Waals surface area contributed by atoms with Gasteiger partial charge in [0.2, 0.25) is 0 Å². The van der Waals surface area contributed by atoms with Gasteiger partial charge in [0.05, 0.1) is 5.52 Å². The molecule has 3 aromatic rings. The Balaban J connectivity index is 1.41. The Hall–Kier alpha value is -2.45. The van der Waals surface area contributed by atoms with E-state index in [9.17, 15) is 13.6 Å². The lowest BCUT2D eigenvalue weighted by Gasteiger charge is -2.34. The van der Waals surface area contributed by atoms with Crippen LogP contribution in [0, 0.1) is 0 Å². The predicted octanol–water partition coefficient (Wildman–Crippen LogP) is 5.81. The molecule has 4 heterocycles. The average molecular weight is 488 g/mol. The van der Waals surface area contributed by atoms with Crippen molar-refractivity contribution in [2.24, 2.45) is 0 Å². The lowest BCUT2D eigenvalue weighted by molar-refractivity contribution is -0.0495. The minimum Gasteiger partial charge on any atom is -0.490 e. The summed E-state index contributed by atoms with van der Waals surface area (Å²) in [6.07, 6.45) is 1.60. The number of hydrogen-bond acceptors (Lipinski definition) is 4. The summed E-state index contributed by atoms with van der Waals surface area (Å²) in [5.41, 5.74) is 1.42. The summed E-state index contributed by atoms with van der Waals surface area (Å²) in [5.74, 6) is -2.09. The highest BCUT2D eigenvalue weighted by molar-refractivity contribution is 7.12. The molecule has 0 unspecified atom stereocenters. The van der Waals surface area contributed by atoms with Crippen molar-refractivity contribution >= 4 is 28.1 Å². The van der Waals surface area contributed by atoms with E-state index in [2.05, 4.69) is 18.7 Å². The van der Waals surface area contributed by atoms with Crippen LogP contribution in [0.4, 0.5) is 8.78 Å². The molecule has 8 heteroatoms. The second kappa shape index (κ2) is 9.30. The highest BCUT2D eigenvalue weighted by Gasteiger charge is 2.36. The van der Waals surface area contributed by atoms with Gasteiger partial charge in [-0.15, -0.1) is 11.3 Å². The van der Waals surface area contributed by atoms with Crippen LogP contribution in [0.3, 0.4) is 0 Å². The SMILES string of the molecule is CC(C)N1CCC(Oc2ccc3c(c2)cc(C(=O)N2CCC(F)(F)CC2)n3-c2cccs2)CC1. The average Bonchev–Trinajstić information content (AvgIpc) is 3.46. The number of nitrogens with zero attached hydrogens (tertiary/aromatic N) is 3. The number of thiophene rings is 1. The quantitative estimate of drug-likeness (QED) is 0.456. The summed E-state index contributed by atoms with van der Waals surface area (Å²) in [4.78, 5) is 17.4. The van der Waals surface area contributed by atoms with Crippen LogP contribution < -0.4 is 4.74 Å². The first-order valence-electron chi connectivity index (χ1n) is 12.1. The molecule has 5 nitrogen and oxygen atoms in total. The predicted molar refractivity (Wildman–Crippen MR) is 132 cm³/mol. The van der Waals surface area contributed by atoms with Crippen LogP contribution >= 0.6 is 11.3 Å². The number of fused-ring (bicyclic) bond motifs is 1. The van der Waals surface area contributed by atoms with Crippen molar-refractivity contribution in [3.8, 4) is 10.8 Å². The molecule has 0 spiro atoms. The van der Waals surface area contributed by atoms with Gasteiger partial charge >= 0.3 is 0 Å². The van der Waals surface area contributed by atoms with E-state index in [1.807, 2.05) is 46.3 Å². The van der Waals surface area contributed by atoms with Crippen LogP contribution in [-0.2, 0) is 0 Å².